The molecule has 0 aliphatic carbocycles. The highest BCUT2D eigenvalue weighted by Gasteiger charge is 2.24. The molecule has 0 bridgehead atoms. The third kappa shape index (κ3) is 4.55. The number of carbonyl (C=O) groups is 2. The van der Waals surface area contributed by atoms with Crippen LogP contribution in [0.25, 0.3) is 11.1 Å². The zero-order valence-electron chi connectivity index (χ0n) is 17.8. The number of carbonyl (C=O) groups excluding carboxylic acids is 2. The third-order valence-corrected chi connectivity index (χ3v) is 5.87. The number of hydrogen-bond acceptors (Lipinski definition) is 4. The average Bonchev–Trinajstić information content (AvgIpc) is 3.13. The van der Waals surface area contributed by atoms with Crippen molar-refractivity contribution in [2.45, 2.75) is 32.7 Å². The van der Waals surface area contributed by atoms with Crippen LogP contribution in [-0.2, 0) is 17.8 Å². The Hall–Kier alpha value is -3.35. The summed E-state index contributed by atoms with van der Waals surface area (Å²) in [5.41, 5.74) is 3.20. The number of para-hydroxylation sites is 2. The van der Waals surface area contributed by atoms with Gasteiger partial charge in [0.05, 0.1) is 5.52 Å². The number of hydrogen-bond donors (Lipinski definition) is 0. The predicted molar refractivity (Wildman–Crippen MR) is 118 cm³/mol. The summed E-state index contributed by atoms with van der Waals surface area (Å²) in [6.45, 7) is 4.66. The molecule has 4 rings (SSSR count). The van der Waals surface area contributed by atoms with Gasteiger partial charge in [0.15, 0.2) is 5.58 Å². The van der Waals surface area contributed by atoms with Crippen LogP contribution in [0.3, 0.4) is 0 Å². The Kier molecular flexibility index (Phi) is 6.21. The van der Waals surface area contributed by atoms with E-state index in [1.54, 1.807) is 15.5 Å². The van der Waals surface area contributed by atoms with Gasteiger partial charge >= 0.3 is 5.76 Å². The van der Waals surface area contributed by atoms with Crippen molar-refractivity contribution >= 4 is 22.9 Å². The molecule has 2 heterocycles. The highest BCUT2D eigenvalue weighted by Crippen LogP contribution is 2.14. The number of nitrogens with zero attached hydrogens (tertiary/aromatic N) is 3. The first kappa shape index (κ1) is 20.9. The zero-order valence-corrected chi connectivity index (χ0v) is 17.8. The van der Waals surface area contributed by atoms with Crippen LogP contribution in [0.2, 0.25) is 0 Å². The second-order valence-electron chi connectivity index (χ2n) is 7.81. The van der Waals surface area contributed by atoms with E-state index in [2.05, 4.69) is 6.92 Å². The molecular weight excluding hydrogens is 394 g/mol. The van der Waals surface area contributed by atoms with Gasteiger partial charge in [-0.3, -0.25) is 14.2 Å². The van der Waals surface area contributed by atoms with Crippen LogP contribution >= 0.6 is 0 Å². The van der Waals surface area contributed by atoms with Crippen LogP contribution in [0.5, 0.6) is 0 Å². The number of fused-ring (bicyclic) bond motifs is 1. The molecule has 31 heavy (non-hydrogen) atoms. The van der Waals surface area contributed by atoms with E-state index in [1.807, 2.05) is 47.4 Å². The van der Waals surface area contributed by atoms with E-state index in [0.29, 0.717) is 56.7 Å². The smallest absolute Gasteiger partial charge is 0.408 e. The number of amides is 2. The van der Waals surface area contributed by atoms with E-state index in [-0.39, 0.29) is 11.8 Å². The molecule has 1 fully saturated rings. The molecular formula is C24H27N3O4. The van der Waals surface area contributed by atoms with Gasteiger partial charge in [0.2, 0.25) is 5.91 Å². The standard InChI is InChI=1S/C24H27N3O4/c1-2-18-9-11-19(12-10-18)23(29)26-16-14-25(15-17-26)22(28)8-5-13-27-20-6-3-4-7-21(20)31-24(27)30/h3-4,6-7,9-12H,2,5,8,13-17H2,1H3. The minimum atomic E-state index is -0.396. The molecule has 2 amide bonds. The summed E-state index contributed by atoms with van der Waals surface area (Å²) in [7, 11) is 0. The second kappa shape index (κ2) is 9.20. The van der Waals surface area contributed by atoms with Crippen molar-refractivity contribution in [3.63, 3.8) is 0 Å². The van der Waals surface area contributed by atoms with Crippen molar-refractivity contribution in [1.29, 1.82) is 0 Å². The lowest BCUT2D eigenvalue weighted by Crippen LogP contribution is -2.50. The predicted octanol–water partition coefficient (Wildman–Crippen LogP) is 2.92. The molecule has 0 atom stereocenters. The Morgan fingerprint density at radius 1 is 0.935 bits per heavy atom. The minimum absolute atomic E-state index is 0.0148. The molecule has 0 radical (unpaired) electrons. The maximum Gasteiger partial charge on any atom is 0.419 e. The van der Waals surface area contributed by atoms with Crippen molar-refractivity contribution in [2.24, 2.45) is 0 Å². The summed E-state index contributed by atoms with van der Waals surface area (Å²) in [4.78, 5) is 40.9. The Morgan fingerprint density at radius 3 is 2.32 bits per heavy atom. The van der Waals surface area contributed by atoms with Crippen molar-refractivity contribution in [3.05, 3.63) is 70.2 Å². The Labute approximate surface area is 180 Å². The lowest BCUT2D eigenvalue weighted by atomic mass is 10.1. The number of aromatic nitrogens is 1. The summed E-state index contributed by atoms with van der Waals surface area (Å²) in [6, 6.07) is 15.0. The fourth-order valence-electron chi connectivity index (χ4n) is 4.00. The molecule has 3 aromatic rings. The first-order valence-corrected chi connectivity index (χ1v) is 10.8. The van der Waals surface area contributed by atoms with Crippen LogP contribution in [-0.4, -0.2) is 52.4 Å². The minimum Gasteiger partial charge on any atom is -0.408 e. The summed E-state index contributed by atoms with van der Waals surface area (Å²) in [5.74, 6) is -0.325. The van der Waals surface area contributed by atoms with Gasteiger partial charge in [0.25, 0.3) is 5.91 Å². The molecule has 1 aromatic heterocycles. The zero-order chi connectivity index (χ0) is 21.8. The molecule has 162 valence electrons. The summed E-state index contributed by atoms with van der Waals surface area (Å²) in [5, 5.41) is 0. The SMILES string of the molecule is CCc1ccc(C(=O)N2CCN(C(=O)CCCn3c(=O)oc4ccccc43)CC2)cc1. The van der Waals surface area contributed by atoms with Gasteiger partial charge in [-0.15, -0.1) is 0 Å². The van der Waals surface area contributed by atoms with Crippen molar-refractivity contribution < 1.29 is 14.0 Å². The van der Waals surface area contributed by atoms with E-state index in [1.165, 1.54) is 5.56 Å². The second-order valence-corrected chi connectivity index (χ2v) is 7.81. The van der Waals surface area contributed by atoms with Gasteiger partial charge in [-0.1, -0.05) is 31.2 Å². The lowest BCUT2D eigenvalue weighted by molar-refractivity contribution is -0.132. The van der Waals surface area contributed by atoms with Gasteiger partial charge in [0.1, 0.15) is 0 Å². The van der Waals surface area contributed by atoms with Gasteiger partial charge in [-0.25, -0.2) is 4.79 Å². The number of aryl methyl sites for hydroxylation is 2. The van der Waals surface area contributed by atoms with Gasteiger partial charge < -0.3 is 14.2 Å². The fraction of sp³-hybridized carbons (Fsp3) is 0.375. The first-order valence-electron chi connectivity index (χ1n) is 10.8. The van der Waals surface area contributed by atoms with Crippen LogP contribution < -0.4 is 5.76 Å². The number of oxazole rings is 1. The van der Waals surface area contributed by atoms with Crippen LogP contribution in [0.1, 0.15) is 35.7 Å². The lowest BCUT2D eigenvalue weighted by Gasteiger charge is -2.35. The molecule has 2 aromatic carbocycles. The Bertz CT molecular complexity index is 1120. The average molecular weight is 421 g/mol. The maximum absolute atomic E-state index is 12.7. The Morgan fingerprint density at radius 2 is 1.61 bits per heavy atom. The van der Waals surface area contributed by atoms with Crippen molar-refractivity contribution in [2.75, 3.05) is 26.2 Å². The van der Waals surface area contributed by atoms with Gasteiger partial charge in [-0.2, -0.15) is 0 Å². The number of benzene rings is 2. The summed E-state index contributed by atoms with van der Waals surface area (Å²) >= 11 is 0. The third-order valence-electron chi connectivity index (χ3n) is 5.87. The number of rotatable bonds is 6. The maximum atomic E-state index is 12.7. The normalized spacial score (nSPS) is 14.2. The molecule has 1 saturated heterocycles. The quantitative estimate of drug-likeness (QED) is 0.613. The van der Waals surface area contributed by atoms with Crippen LogP contribution in [0.4, 0.5) is 0 Å². The molecule has 0 unspecified atom stereocenters. The topological polar surface area (TPSA) is 75.8 Å². The molecule has 1 aliphatic rings. The van der Waals surface area contributed by atoms with Crippen molar-refractivity contribution in [3.8, 4) is 0 Å². The van der Waals surface area contributed by atoms with Gasteiger partial charge in [-0.05, 0) is 42.7 Å². The van der Waals surface area contributed by atoms with E-state index >= 15 is 0 Å². The molecule has 7 nitrogen and oxygen atoms in total. The van der Waals surface area contributed by atoms with Crippen molar-refractivity contribution in [1.82, 2.24) is 14.4 Å². The van der Waals surface area contributed by atoms with E-state index in [9.17, 15) is 14.4 Å². The molecule has 1 aliphatic heterocycles. The largest absolute Gasteiger partial charge is 0.419 e. The monoisotopic (exact) mass is 421 g/mol. The Balaban J connectivity index is 1.26. The number of piperazine rings is 1. The molecule has 7 heteroatoms. The highest BCUT2D eigenvalue weighted by molar-refractivity contribution is 5.94. The van der Waals surface area contributed by atoms with Crippen LogP contribution in [0.15, 0.2) is 57.7 Å². The molecule has 0 saturated carbocycles. The fourth-order valence-corrected chi connectivity index (χ4v) is 4.00. The first-order chi connectivity index (χ1) is 15.1. The molecule has 0 N–H and O–H groups in total. The molecule has 0 spiro atoms. The highest BCUT2D eigenvalue weighted by atomic mass is 16.4. The van der Waals surface area contributed by atoms with Gasteiger partial charge in [0, 0.05) is 44.7 Å². The van der Waals surface area contributed by atoms with E-state index in [0.717, 1.165) is 11.9 Å². The summed E-state index contributed by atoms with van der Waals surface area (Å²) in [6.07, 6.45) is 1.87. The van der Waals surface area contributed by atoms with E-state index < -0.39 is 5.76 Å². The summed E-state index contributed by atoms with van der Waals surface area (Å²) < 4.78 is 6.80. The van der Waals surface area contributed by atoms with Crippen LogP contribution in [0, 0.1) is 0 Å². The van der Waals surface area contributed by atoms with E-state index in [4.69, 9.17) is 4.42 Å².